The van der Waals surface area contributed by atoms with Gasteiger partial charge < -0.3 is 18.9 Å². The van der Waals surface area contributed by atoms with Gasteiger partial charge in [0.2, 0.25) is 5.95 Å². The molecule has 33 heavy (non-hydrogen) atoms. The maximum atomic E-state index is 13.4. The summed E-state index contributed by atoms with van der Waals surface area (Å²) in [6.45, 7) is 1.49. The molecule has 0 N–H and O–H groups in total. The summed E-state index contributed by atoms with van der Waals surface area (Å²) in [7, 11) is 4.88. The number of rotatable bonds is 6. The van der Waals surface area contributed by atoms with E-state index in [1.807, 2.05) is 58.0 Å². The van der Waals surface area contributed by atoms with Gasteiger partial charge in [-0.25, -0.2) is 4.79 Å². The van der Waals surface area contributed by atoms with Crippen LogP contribution in [-0.4, -0.2) is 39.4 Å². The summed E-state index contributed by atoms with van der Waals surface area (Å²) in [5.41, 5.74) is 1.99. The molecule has 0 saturated heterocycles. The number of ether oxygens (including phenoxy) is 2. The second kappa shape index (κ2) is 8.16. The maximum absolute atomic E-state index is 13.4. The van der Waals surface area contributed by atoms with Crippen LogP contribution in [-0.2, 0) is 26.6 Å². The average molecular weight is 447 g/mol. The maximum Gasteiger partial charge on any atom is 0.332 e. The van der Waals surface area contributed by atoms with Crippen molar-refractivity contribution in [1.29, 1.82) is 0 Å². The molecule has 0 amide bonds. The third-order valence-electron chi connectivity index (χ3n) is 6.14. The zero-order valence-corrected chi connectivity index (χ0v) is 18.8. The first-order chi connectivity index (χ1) is 16.0. The van der Waals surface area contributed by atoms with E-state index in [9.17, 15) is 9.59 Å². The summed E-state index contributed by atoms with van der Waals surface area (Å²) in [6, 6.07) is 15.4. The molecule has 4 aromatic rings. The number of hydrogen-bond donors (Lipinski definition) is 0. The number of hydrogen-bond acceptors (Lipinski definition) is 6. The van der Waals surface area contributed by atoms with Crippen molar-refractivity contribution in [3.63, 3.8) is 0 Å². The number of imidazole rings is 1. The minimum atomic E-state index is -0.370. The van der Waals surface area contributed by atoms with Crippen LogP contribution in [0.1, 0.15) is 5.56 Å². The Hall–Kier alpha value is -4.01. The zero-order chi connectivity index (χ0) is 23.1. The lowest BCUT2D eigenvalue weighted by Crippen LogP contribution is -2.40. The van der Waals surface area contributed by atoms with Gasteiger partial charge in [-0.05, 0) is 24.1 Å². The van der Waals surface area contributed by atoms with Crippen LogP contribution in [0.5, 0.6) is 11.5 Å². The molecule has 0 aliphatic carbocycles. The Balaban J connectivity index is 1.62. The Morgan fingerprint density at radius 3 is 2.52 bits per heavy atom. The molecule has 0 fully saturated rings. The molecule has 1 aliphatic heterocycles. The van der Waals surface area contributed by atoms with Crippen LogP contribution in [0.3, 0.4) is 0 Å². The molecule has 0 radical (unpaired) electrons. The Morgan fingerprint density at radius 2 is 1.79 bits per heavy atom. The van der Waals surface area contributed by atoms with Crippen molar-refractivity contribution in [2.24, 2.45) is 7.05 Å². The van der Waals surface area contributed by atoms with Crippen LogP contribution in [0, 0.1) is 0 Å². The van der Waals surface area contributed by atoms with Gasteiger partial charge in [-0.1, -0.05) is 30.3 Å². The fraction of sp³-hybridized carbons (Fsp3) is 0.292. The Kier molecular flexibility index (Phi) is 5.16. The Bertz CT molecular complexity index is 1450. The Morgan fingerprint density at radius 1 is 1.00 bits per heavy atom. The molecular formula is C24H25N5O4. The van der Waals surface area contributed by atoms with E-state index in [-0.39, 0.29) is 11.2 Å². The molecule has 0 spiro atoms. The van der Waals surface area contributed by atoms with Gasteiger partial charge in [0.05, 0.1) is 19.9 Å². The van der Waals surface area contributed by atoms with Crippen molar-refractivity contribution in [2.45, 2.75) is 19.5 Å². The molecule has 0 saturated carbocycles. The lowest BCUT2D eigenvalue weighted by Gasteiger charge is -2.19. The highest BCUT2D eigenvalue weighted by molar-refractivity contribution is 5.79. The zero-order valence-electron chi connectivity index (χ0n) is 18.8. The minimum Gasteiger partial charge on any atom is -0.497 e. The topological polar surface area (TPSA) is 83.5 Å². The van der Waals surface area contributed by atoms with Gasteiger partial charge in [0.1, 0.15) is 11.5 Å². The fourth-order valence-electron chi connectivity index (χ4n) is 4.40. The van der Waals surface area contributed by atoms with Crippen LogP contribution in [0.15, 0.2) is 58.1 Å². The van der Waals surface area contributed by atoms with Gasteiger partial charge in [0.25, 0.3) is 5.56 Å². The number of aromatic nitrogens is 4. The van der Waals surface area contributed by atoms with Gasteiger partial charge >= 0.3 is 5.69 Å². The van der Waals surface area contributed by atoms with Crippen LogP contribution >= 0.6 is 0 Å². The molecule has 9 nitrogen and oxygen atoms in total. The Labute approximate surface area is 190 Å². The highest BCUT2D eigenvalue weighted by Crippen LogP contribution is 2.39. The second-order valence-corrected chi connectivity index (χ2v) is 7.96. The molecule has 2 aromatic heterocycles. The van der Waals surface area contributed by atoms with E-state index in [0.717, 1.165) is 11.3 Å². The molecule has 9 heteroatoms. The molecule has 2 aromatic carbocycles. The normalized spacial score (nSPS) is 12.9. The largest absolute Gasteiger partial charge is 0.497 e. The number of aryl methyl sites for hydroxylation is 2. The van der Waals surface area contributed by atoms with E-state index < -0.39 is 0 Å². The molecule has 170 valence electrons. The SMILES string of the molecule is COc1ccc(OC)c(N2CCn3c2nc2c3c(=O)n(CCc3ccccc3)c(=O)n2C)c1. The predicted molar refractivity (Wildman–Crippen MR) is 126 cm³/mol. The van der Waals surface area contributed by atoms with Crippen molar-refractivity contribution in [2.75, 3.05) is 25.7 Å². The number of fused-ring (bicyclic) bond motifs is 3. The first kappa shape index (κ1) is 20.9. The lowest BCUT2D eigenvalue weighted by atomic mass is 10.1. The lowest BCUT2D eigenvalue weighted by molar-refractivity contribution is 0.403. The smallest absolute Gasteiger partial charge is 0.332 e. The first-order valence-corrected chi connectivity index (χ1v) is 10.8. The molecular weight excluding hydrogens is 422 g/mol. The predicted octanol–water partition coefficient (Wildman–Crippen LogP) is 2.31. The minimum absolute atomic E-state index is 0.305. The van der Waals surface area contributed by atoms with Crippen molar-refractivity contribution in [3.8, 4) is 11.5 Å². The molecule has 0 bridgehead atoms. The first-order valence-electron chi connectivity index (χ1n) is 10.8. The van der Waals surface area contributed by atoms with Crippen LogP contribution in [0.25, 0.3) is 11.2 Å². The van der Waals surface area contributed by atoms with Gasteiger partial charge in [-0.15, -0.1) is 0 Å². The molecule has 0 atom stereocenters. The fourth-order valence-corrected chi connectivity index (χ4v) is 4.40. The van der Waals surface area contributed by atoms with E-state index in [0.29, 0.717) is 54.7 Å². The number of methoxy groups -OCH3 is 2. The summed E-state index contributed by atoms with van der Waals surface area (Å²) in [6.07, 6.45) is 0.593. The van der Waals surface area contributed by atoms with Crippen LogP contribution in [0.2, 0.25) is 0 Å². The van der Waals surface area contributed by atoms with Crippen molar-refractivity contribution >= 4 is 22.8 Å². The molecule has 3 heterocycles. The molecule has 5 rings (SSSR count). The van der Waals surface area contributed by atoms with E-state index in [1.54, 1.807) is 21.3 Å². The van der Waals surface area contributed by atoms with E-state index in [2.05, 4.69) is 0 Å². The van der Waals surface area contributed by atoms with E-state index in [4.69, 9.17) is 14.5 Å². The van der Waals surface area contributed by atoms with Crippen LogP contribution < -0.4 is 25.6 Å². The van der Waals surface area contributed by atoms with Gasteiger partial charge in [-0.2, -0.15) is 4.98 Å². The number of anilines is 2. The monoisotopic (exact) mass is 447 g/mol. The van der Waals surface area contributed by atoms with E-state index in [1.165, 1.54) is 9.13 Å². The van der Waals surface area contributed by atoms with Gasteiger partial charge in [-0.3, -0.25) is 13.9 Å². The third kappa shape index (κ3) is 3.36. The quantitative estimate of drug-likeness (QED) is 0.451. The van der Waals surface area contributed by atoms with Crippen molar-refractivity contribution in [1.82, 2.24) is 18.7 Å². The van der Waals surface area contributed by atoms with Crippen molar-refractivity contribution in [3.05, 3.63) is 74.9 Å². The number of benzene rings is 2. The summed E-state index contributed by atoms with van der Waals surface area (Å²) in [5, 5.41) is 0. The summed E-state index contributed by atoms with van der Waals surface area (Å²) in [4.78, 5) is 33.1. The van der Waals surface area contributed by atoms with Crippen LogP contribution in [0.4, 0.5) is 11.6 Å². The molecule has 0 unspecified atom stereocenters. The second-order valence-electron chi connectivity index (χ2n) is 7.96. The third-order valence-corrected chi connectivity index (χ3v) is 6.14. The average Bonchev–Trinajstić information content (AvgIpc) is 3.42. The standard InChI is InChI=1S/C24H25N5O4/c1-26-21-20(22(30)29(24(26)31)12-11-16-7-5-4-6-8-16)28-14-13-27(23(28)25-21)18-15-17(32-2)9-10-19(18)33-3/h4-10,15H,11-14H2,1-3H3. The summed E-state index contributed by atoms with van der Waals surface area (Å²) >= 11 is 0. The van der Waals surface area contributed by atoms with Gasteiger partial charge in [0.15, 0.2) is 11.2 Å². The summed E-state index contributed by atoms with van der Waals surface area (Å²) < 4.78 is 15.6. The van der Waals surface area contributed by atoms with Gasteiger partial charge in [0, 0.05) is 32.7 Å². The molecule has 1 aliphatic rings. The van der Waals surface area contributed by atoms with Crippen molar-refractivity contribution < 1.29 is 9.47 Å². The summed E-state index contributed by atoms with van der Waals surface area (Å²) in [5.74, 6) is 1.96. The highest BCUT2D eigenvalue weighted by Gasteiger charge is 2.30. The number of nitrogens with zero attached hydrogens (tertiary/aromatic N) is 5. The van der Waals surface area contributed by atoms with E-state index >= 15 is 0 Å². The highest BCUT2D eigenvalue weighted by atomic mass is 16.5.